The van der Waals surface area contributed by atoms with Crippen LogP contribution in [0.4, 0.5) is 0 Å². The number of likely N-dealkylation sites (tertiary alicyclic amines) is 1. The minimum atomic E-state index is 0.334. The Morgan fingerprint density at radius 1 is 1.12 bits per heavy atom. The Kier molecular flexibility index (Phi) is 3.72. The van der Waals surface area contributed by atoms with Gasteiger partial charge in [-0.05, 0) is 37.7 Å². The summed E-state index contributed by atoms with van der Waals surface area (Å²) in [6.07, 6.45) is 11.9. The van der Waals surface area contributed by atoms with Gasteiger partial charge in [-0.15, -0.1) is 0 Å². The summed E-state index contributed by atoms with van der Waals surface area (Å²) in [5, 5.41) is 11.5. The Morgan fingerprint density at radius 2 is 1.96 bits per heavy atom. The van der Waals surface area contributed by atoms with Crippen LogP contribution in [-0.2, 0) is 11.3 Å². The smallest absolute Gasteiger partial charge is 0.225 e. The van der Waals surface area contributed by atoms with E-state index in [4.69, 9.17) is 0 Å². The zero-order valence-corrected chi connectivity index (χ0v) is 14.6. The first kappa shape index (κ1) is 15.5. The van der Waals surface area contributed by atoms with E-state index in [1.165, 1.54) is 0 Å². The maximum atomic E-state index is 12.2. The number of carbonyl (C=O) groups excluding carboxylic acids is 1. The molecule has 0 bridgehead atoms. The van der Waals surface area contributed by atoms with Crippen molar-refractivity contribution < 1.29 is 4.79 Å². The summed E-state index contributed by atoms with van der Waals surface area (Å²) in [5.74, 6) is 1.30. The molecule has 4 heterocycles. The van der Waals surface area contributed by atoms with Crippen LogP contribution in [0.2, 0.25) is 0 Å². The highest BCUT2D eigenvalue weighted by Gasteiger charge is 2.34. The molecule has 1 saturated heterocycles. The molecule has 1 aliphatic carbocycles. The van der Waals surface area contributed by atoms with Crippen LogP contribution in [0.3, 0.4) is 0 Å². The van der Waals surface area contributed by atoms with Gasteiger partial charge in [0.05, 0.1) is 17.9 Å². The number of pyridine rings is 1. The minimum absolute atomic E-state index is 0.334. The number of fused-ring (bicyclic) bond motifs is 1. The van der Waals surface area contributed by atoms with Crippen LogP contribution in [0, 0.1) is 11.8 Å². The van der Waals surface area contributed by atoms with E-state index < -0.39 is 0 Å². The van der Waals surface area contributed by atoms with Crippen molar-refractivity contribution in [2.45, 2.75) is 32.2 Å². The number of H-pyrrole nitrogens is 1. The molecule has 1 amide bonds. The first-order valence-corrected chi connectivity index (χ1v) is 9.37. The predicted molar refractivity (Wildman–Crippen MR) is 97.1 cm³/mol. The molecule has 2 fully saturated rings. The first-order valence-electron chi connectivity index (χ1n) is 9.37. The summed E-state index contributed by atoms with van der Waals surface area (Å²) in [6, 6.07) is 2.05. The summed E-state index contributed by atoms with van der Waals surface area (Å²) in [4.78, 5) is 18.6. The average molecular weight is 350 g/mol. The number of nitrogens with zero attached hydrogens (tertiary/aromatic N) is 5. The summed E-state index contributed by atoms with van der Waals surface area (Å²) >= 11 is 0. The topological polar surface area (TPSA) is 79.7 Å². The van der Waals surface area contributed by atoms with E-state index in [1.54, 1.807) is 6.20 Å². The van der Waals surface area contributed by atoms with Gasteiger partial charge in [0, 0.05) is 49.1 Å². The fourth-order valence-electron chi connectivity index (χ4n) is 3.79. The van der Waals surface area contributed by atoms with Crippen LogP contribution in [0.5, 0.6) is 0 Å². The van der Waals surface area contributed by atoms with Crippen molar-refractivity contribution in [1.82, 2.24) is 29.9 Å². The quantitative estimate of drug-likeness (QED) is 0.784. The van der Waals surface area contributed by atoms with Crippen molar-refractivity contribution in [3.63, 3.8) is 0 Å². The lowest BCUT2D eigenvalue weighted by molar-refractivity contribution is -0.134. The highest BCUT2D eigenvalue weighted by atomic mass is 16.2. The van der Waals surface area contributed by atoms with Crippen molar-refractivity contribution in [3.05, 3.63) is 30.9 Å². The molecule has 134 valence electrons. The molecule has 0 radical (unpaired) electrons. The molecule has 0 atom stereocenters. The molecule has 1 saturated carbocycles. The first-order chi connectivity index (χ1) is 12.8. The molecule has 2 aliphatic rings. The second kappa shape index (κ2) is 6.23. The van der Waals surface area contributed by atoms with Gasteiger partial charge in [0.25, 0.3) is 0 Å². The third-order valence-corrected chi connectivity index (χ3v) is 5.55. The molecule has 5 rings (SSSR count). The summed E-state index contributed by atoms with van der Waals surface area (Å²) in [5.41, 5.74) is 3.91. The van der Waals surface area contributed by atoms with E-state index in [-0.39, 0.29) is 0 Å². The molecule has 26 heavy (non-hydrogen) atoms. The van der Waals surface area contributed by atoms with Gasteiger partial charge in [0.1, 0.15) is 5.52 Å². The zero-order chi connectivity index (χ0) is 17.5. The Balaban J connectivity index is 1.22. The number of carbonyl (C=O) groups is 1. The zero-order valence-electron chi connectivity index (χ0n) is 14.6. The van der Waals surface area contributed by atoms with E-state index in [0.29, 0.717) is 17.7 Å². The van der Waals surface area contributed by atoms with Crippen molar-refractivity contribution in [2.24, 2.45) is 11.8 Å². The lowest BCUT2D eigenvalue weighted by Crippen LogP contribution is -2.40. The number of hydrogen-bond acceptors (Lipinski definition) is 4. The number of aromatic amines is 1. The van der Waals surface area contributed by atoms with E-state index >= 15 is 0 Å². The molecule has 0 unspecified atom stereocenters. The third-order valence-electron chi connectivity index (χ3n) is 5.55. The van der Waals surface area contributed by atoms with Crippen LogP contribution in [-0.4, -0.2) is 48.9 Å². The van der Waals surface area contributed by atoms with Crippen LogP contribution in [0.25, 0.3) is 22.2 Å². The van der Waals surface area contributed by atoms with Crippen molar-refractivity contribution in [2.75, 3.05) is 13.1 Å². The number of hydrogen-bond donors (Lipinski definition) is 1. The molecule has 3 aromatic heterocycles. The van der Waals surface area contributed by atoms with Crippen molar-refractivity contribution in [3.8, 4) is 11.1 Å². The molecular formula is C19H22N6O. The van der Waals surface area contributed by atoms with Gasteiger partial charge in [-0.25, -0.2) is 0 Å². The SMILES string of the molecule is O=C(C1CC1)N1CCC(Cn2cc(-c3cnc4cn[nH]c4c3)cn2)CC1. The molecule has 3 aromatic rings. The van der Waals surface area contributed by atoms with Crippen LogP contribution in [0.15, 0.2) is 30.9 Å². The summed E-state index contributed by atoms with van der Waals surface area (Å²) in [6.45, 7) is 2.70. The van der Waals surface area contributed by atoms with Crippen LogP contribution < -0.4 is 0 Å². The van der Waals surface area contributed by atoms with Crippen molar-refractivity contribution in [1.29, 1.82) is 0 Å². The maximum absolute atomic E-state index is 12.2. The number of amides is 1. The normalized spacial score (nSPS) is 18.5. The fraction of sp³-hybridized carbons (Fsp3) is 0.474. The van der Waals surface area contributed by atoms with Gasteiger partial charge >= 0.3 is 0 Å². The molecule has 7 nitrogen and oxygen atoms in total. The molecule has 1 N–H and O–H groups in total. The van der Waals surface area contributed by atoms with E-state index in [2.05, 4.69) is 37.4 Å². The number of piperidine rings is 1. The molecule has 1 aliphatic heterocycles. The van der Waals surface area contributed by atoms with Gasteiger partial charge in [-0.3, -0.25) is 19.6 Å². The fourth-order valence-corrected chi connectivity index (χ4v) is 3.79. The van der Waals surface area contributed by atoms with Crippen molar-refractivity contribution >= 4 is 16.9 Å². The van der Waals surface area contributed by atoms with E-state index in [0.717, 1.165) is 67.5 Å². The molecule has 0 aromatic carbocycles. The highest BCUT2D eigenvalue weighted by Crippen LogP contribution is 2.32. The van der Waals surface area contributed by atoms with Gasteiger partial charge in [-0.2, -0.15) is 10.2 Å². The molecule has 7 heteroatoms. The lowest BCUT2D eigenvalue weighted by Gasteiger charge is -2.32. The lowest BCUT2D eigenvalue weighted by atomic mass is 9.96. The van der Waals surface area contributed by atoms with Gasteiger partial charge in [-0.1, -0.05) is 0 Å². The Bertz CT molecular complexity index is 932. The van der Waals surface area contributed by atoms with E-state index in [1.807, 2.05) is 17.1 Å². The van der Waals surface area contributed by atoms with E-state index in [9.17, 15) is 4.79 Å². The second-order valence-electron chi connectivity index (χ2n) is 7.52. The van der Waals surface area contributed by atoms with Gasteiger partial charge in [0.15, 0.2) is 0 Å². The van der Waals surface area contributed by atoms with Crippen LogP contribution in [0.1, 0.15) is 25.7 Å². The third kappa shape index (κ3) is 2.98. The van der Waals surface area contributed by atoms with Crippen LogP contribution >= 0.6 is 0 Å². The summed E-state index contributed by atoms with van der Waals surface area (Å²) in [7, 11) is 0. The minimum Gasteiger partial charge on any atom is -0.342 e. The van der Waals surface area contributed by atoms with Gasteiger partial charge < -0.3 is 4.90 Å². The average Bonchev–Trinajstić information content (AvgIpc) is 3.23. The molecule has 0 spiro atoms. The standard InChI is InChI=1S/C19H22N6O/c26-19(14-1-2-14)24-5-3-13(4-6-24)11-25-12-16(9-22-25)15-7-17-18(20-8-15)10-21-23-17/h7-10,12-14H,1-6,11H2,(H,21,23). The monoisotopic (exact) mass is 350 g/mol. The Labute approximate surface area is 151 Å². The molecular weight excluding hydrogens is 328 g/mol. The Morgan fingerprint density at radius 3 is 2.77 bits per heavy atom. The largest absolute Gasteiger partial charge is 0.342 e. The number of aromatic nitrogens is 5. The van der Waals surface area contributed by atoms with Gasteiger partial charge in [0.2, 0.25) is 5.91 Å². The summed E-state index contributed by atoms with van der Waals surface area (Å²) < 4.78 is 2.02. The number of rotatable bonds is 4. The Hall–Kier alpha value is -2.70. The highest BCUT2D eigenvalue weighted by molar-refractivity contribution is 5.81. The second-order valence-corrected chi connectivity index (χ2v) is 7.52. The number of nitrogens with one attached hydrogen (secondary N) is 1. The predicted octanol–water partition coefficient (Wildman–Crippen LogP) is 2.47. The maximum Gasteiger partial charge on any atom is 0.225 e.